The predicted molar refractivity (Wildman–Crippen MR) is 56.3 cm³/mol. The fraction of sp³-hybridized carbons (Fsp3) is 0.444. The Labute approximate surface area is 102 Å². The van der Waals surface area contributed by atoms with Gasteiger partial charge in [0, 0.05) is 0 Å². The second kappa shape index (κ2) is 5.75. The summed E-state index contributed by atoms with van der Waals surface area (Å²) in [4.78, 5) is 33.4. The molecule has 0 unspecified atom stereocenters. The summed E-state index contributed by atoms with van der Waals surface area (Å²) in [6, 6.07) is 0. The number of ether oxygens (including phenoxy) is 2. The van der Waals surface area contributed by atoms with Gasteiger partial charge < -0.3 is 15.2 Å². The van der Waals surface area contributed by atoms with Crippen molar-refractivity contribution in [1.29, 1.82) is 0 Å². The van der Waals surface area contributed by atoms with E-state index in [1.165, 1.54) is 7.11 Å². The Morgan fingerprint density at radius 2 is 1.94 bits per heavy atom. The van der Waals surface area contributed by atoms with E-state index >= 15 is 0 Å². The van der Waals surface area contributed by atoms with Crippen LogP contribution >= 0.6 is 0 Å². The highest BCUT2D eigenvalue weighted by Crippen LogP contribution is 2.08. The Kier molecular flexibility index (Phi) is 4.35. The molecule has 9 nitrogen and oxygen atoms in total. The van der Waals surface area contributed by atoms with Crippen molar-refractivity contribution >= 4 is 17.8 Å². The molecule has 9 heteroatoms. The molecule has 98 valence electrons. The number of carbonyl (C=O) groups excluding carboxylic acids is 3. The molecule has 1 amide bonds. The van der Waals surface area contributed by atoms with Crippen molar-refractivity contribution in [2.45, 2.75) is 13.0 Å². The maximum Gasteiger partial charge on any atom is 0.360 e. The van der Waals surface area contributed by atoms with Crippen LogP contribution in [0.2, 0.25) is 0 Å². The summed E-state index contributed by atoms with van der Waals surface area (Å²) < 4.78 is 10.0. The van der Waals surface area contributed by atoms with Gasteiger partial charge in [0.05, 0.1) is 26.3 Å². The van der Waals surface area contributed by atoms with Crippen molar-refractivity contribution in [1.82, 2.24) is 15.0 Å². The number of methoxy groups -OCH3 is 2. The summed E-state index contributed by atoms with van der Waals surface area (Å²) in [6.07, 6.45) is -0.263. The van der Waals surface area contributed by atoms with Gasteiger partial charge in [-0.25, -0.2) is 9.48 Å². The Balaban J connectivity index is 3.12. The second-order valence-corrected chi connectivity index (χ2v) is 3.25. The molecule has 1 rings (SSSR count). The van der Waals surface area contributed by atoms with Crippen molar-refractivity contribution in [3.8, 4) is 0 Å². The molecule has 0 radical (unpaired) electrons. The third kappa shape index (κ3) is 3.03. The molecule has 0 aliphatic rings. The van der Waals surface area contributed by atoms with E-state index in [1.807, 2.05) is 0 Å². The maximum absolute atomic E-state index is 11.4. The van der Waals surface area contributed by atoms with Crippen LogP contribution < -0.4 is 5.73 Å². The molecule has 0 fully saturated rings. The number of primary amides is 1. The lowest BCUT2D eigenvalue weighted by Gasteiger charge is -2.04. The number of rotatable bonds is 5. The van der Waals surface area contributed by atoms with Gasteiger partial charge >= 0.3 is 11.9 Å². The number of nitrogens with zero attached hydrogens (tertiary/aromatic N) is 3. The van der Waals surface area contributed by atoms with E-state index in [2.05, 4.69) is 19.8 Å². The van der Waals surface area contributed by atoms with E-state index in [9.17, 15) is 14.4 Å². The average Bonchev–Trinajstić information content (AvgIpc) is 2.70. The molecule has 1 aromatic rings. The Morgan fingerprint density at radius 1 is 1.28 bits per heavy atom. The zero-order chi connectivity index (χ0) is 13.7. The second-order valence-electron chi connectivity index (χ2n) is 3.25. The minimum absolute atomic E-state index is 0.118. The van der Waals surface area contributed by atoms with Crippen molar-refractivity contribution in [2.75, 3.05) is 14.2 Å². The van der Waals surface area contributed by atoms with Gasteiger partial charge in [-0.1, -0.05) is 5.21 Å². The lowest BCUT2D eigenvalue weighted by Crippen LogP contribution is -2.23. The molecule has 18 heavy (non-hydrogen) atoms. The van der Waals surface area contributed by atoms with Gasteiger partial charge in [-0.3, -0.25) is 9.59 Å². The number of aromatic nitrogens is 3. The van der Waals surface area contributed by atoms with Crippen LogP contribution in [-0.2, 0) is 32.0 Å². The molecule has 0 saturated heterocycles. The molecule has 1 heterocycles. The highest BCUT2D eigenvalue weighted by molar-refractivity contribution is 5.90. The summed E-state index contributed by atoms with van der Waals surface area (Å²) >= 11 is 0. The van der Waals surface area contributed by atoms with Crippen molar-refractivity contribution in [3.63, 3.8) is 0 Å². The number of amides is 1. The van der Waals surface area contributed by atoms with E-state index in [0.717, 1.165) is 11.8 Å². The number of nitrogens with two attached hydrogens (primary N) is 1. The Bertz CT molecular complexity index is 481. The average molecular weight is 256 g/mol. The molecule has 0 spiro atoms. The first-order valence-corrected chi connectivity index (χ1v) is 4.85. The molecule has 0 bridgehead atoms. The minimum Gasteiger partial charge on any atom is -0.469 e. The number of hydrogen-bond donors (Lipinski definition) is 1. The van der Waals surface area contributed by atoms with Crippen LogP contribution in [0.1, 0.15) is 16.2 Å². The lowest BCUT2D eigenvalue weighted by atomic mass is 10.2. The summed E-state index contributed by atoms with van der Waals surface area (Å²) in [6.45, 7) is -0.295. The first-order chi connectivity index (χ1) is 8.49. The number of esters is 2. The van der Waals surface area contributed by atoms with Gasteiger partial charge in [-0.2, -0.15) is 0 Å². The fourth-order valence-corrected chi connectivity index (χ4v) is 1.25. The monoisotopic (exact) mass is 256 g/mol. The zero-order valence-corrected chi connectivity index (χ0v) is 9.87. The third-order valence-electron chi connectivity index (χ3n) is 2.06. The van der Waals surface area contributed by atoms with Crippen LogP contribution in [0.3, 0.4) is 0 Å². The molecule has 1 aromatic heterocycles. The molecule has 0 atom stereocenters. The predicted octanol–water partition coefficient (Wildman–Crippen LogP) is -1.73. The first-order valence-electron chi connectivity index (χ1n) is 4.85. The highest BCUT2D eigenvalue weighted by atomic mass is 16.5. The smallest absolute Gasteiger partial charge is 0.360 e. The van der Waals surface area contributed by atoms with Gasteiger partial charge in [0.2, 0.25) is 5.91 Å². The zero-order valence-electron chi connectivity index (χ0n) is 9.87. The Hall–Kier alpha value is -2.45. The van der Waals surface area contributed by atoms with Gasteiger partial charge in [0.1, 0.15) is 6.54 Å². The van der Waals surface area contributed by atoms with Gasteiger partial charge in [0.15, 0.2) is 5.69 Å². The summed E-state index contributed by atoms with van der Waals surface area (Å²) in [5.41, 5.74) is 4.98. The largest absolute Gasteiger partial charge is 0.469 e. The molecular formula is C9H12N4O5. The standard InChI is InChI=1S/C9H12N4O5/c1-17-7(15)3-5-8(9(16)18-2)11-12-13(5)4-6(10)14/h3-4H2,1-2H3,(H2,10,14). The summed E-state index contributed by atoms with van der Waals surface area (Å²) in [7, 11) is 2.36. The molecule has 0 aliphatic carbocycles. The number of hydrogen-bond acceptors (Lipinski definition) is 7. The van der Waals surface area contributed by atoms with Crippen molar-refractivity contribution in [2.24, 2.45) is 5.73 Å². The van der Waals surface area contributed by atoms with Gasteiger partial charge in [-0.15, -0.1) is 5.10 Å². The fourth-order valence-electron chi connectivity index (χ4n) is 1.25. The normalized spacial score (nSPS) is 9.89. The topological polar surface area (TPSA) is 126 Å². The number of carbonyl (C=O) groups is 3. The van der Waals surface area contributed by atoms with E-state index in [1.54, 1.807) is 0 Å². The lowest BCUT2D eigenvalue weighted by molar-refractivity contribution is -0.140. The Morgan fingerprint density at radius 3 is 2.44 bits per heavy atom. The van der Waals surface area contributed by atoms with Crippen molar-refractivity contribution < 1.29 is 23.9 Å². The van der Waals surface area contributed by atoms with Crippen LogP contribution in [0.4, 0.5) is 0 Å². The molecular weight excluding hydrogens is 244 g/mol. The quantitative estimate of drug-likeness (QED) is 0.620. The molecule has 0 aliphatic heterocycles. The summed E-state index contributed by atoms with van der Waals surface area (Å²) in [5, 5.41) is 7.12. The first kappa shape index (κ1) is 13.6. The third-order valence-corrected chi connectivity index (χ3v) is 2.06. The van der Waals surface area contributed by atoms with Crippen molar-refractivity contribution in [3.05, 3.63) is 11.4 Å². The van der Waals surface area contributed by atoms with Gasteiger partial charge in [0.25, 0.3) is 0 Å². The van der Waals surface area contributed by atoms with Crippen LogP contribution in [0.25, 0.3) is 0 Å². The highest BCUT2D eigenvalue weighted by Gasteiger charge is 2.23. The van der Waals surface area contributed by atoms with Crippen LogP contribution in [0.15, 0.2) is 0 Å². The summed E-state index contributed by atoms with van der Waals surface area (Å²) in [5.74, 6) is -2.04. The molecule has 0 aromatic carbocycles. The molecule has 0 saturated carbocycles. The maximum atomic E-state index is 11.4. The van der Waals surface area contributed by atoms with E-state index < -0.39 is 17.8 Å². The van der Waals surface area contributed by atoms with Crippen LogP contribution in [-0.4, -0.2) is 47.1 Å². The molecule has 2 N–H and O–H groups in total. The van der Waals surface area contributed by atoms with Gasteiger partial charge in [-0.05, 0) is 0 Å². The van der Waals surface area contributed by atoms with Crippen LogP contribution in [0, 0.1) is 0 Å². The SMILES string of the molecule is COC(=O)Cc1c(C(=O)OC)nnn1CC(N)=O. The van der Waals surface area contributed by atoms with E-state index in [4.69, 9.17) is 5.73 Å². The minimum atomic E-state index is -0.760. The van der Waals surface area contributed by atoms with Crippen LogP contribution in [0.5, 0.6) is 0 Å². The van der Waals surface area contributed by atoms with E-state index in [0.29, 0.717) is 0 Å². The van der Waals surface area contributed by atoms with E-state index in [-0.39, 0.29) is 24.4 Å².